The molecule has 8 heteroatoms. The number of carboxylic acids is 1. The fourth-order valence-electron chi connectivity index (χ4n) is 5.24. The van der Waals surface area contributed by atoms with Crippen molar-refractivity contribution in [2.45, 2.75) is 64.7 Å². The number of carbonyl (C=O) groups is 4. The van der Waals surface area contributed by atoms with E-state index in [4.69, 9.17) is 0 Å². The number of hydrogen-bond donors (Lipinski definition) is 2. The molecule has 224 valence electrons. The van der Waals surface area contributed by atoms with Crippen LogP contribution in [0.1, 0.15) is 68.8 Å². The molecule has 2 unspecified atom stereocenters. The van der Waals surface area contributed by atoms with Gasteiger partial charge in [0.05, 0.1) is 12.5 Å². The summed E-state index contributed by atoms with van der Waals surface area (Å²) >= 11 is 0. The van der Waals surface area contributed by atoms with E-state index in [9.17, 15) is 24.3 Å². The van der Waals surface area contributed by atoms with Crippen molar-refractivity contribution in [3.63, 3.8) is 0 Å². The zero-order valence-electron chi connectivity index (χ0n) is 25.1. The quantitative estimate of drug-likeness (QED) is 0.197. The summed E-state index contributed by atoms with van der Waals surface area (Å²) in [4.78, 5) is 55.5. The lowest BCUT2D eigenvalue weighted by Gasteiger charge is -2.29. The third kappa shape index (κ3) is 7.57. The summed E-state index contributed by atoms with van der Waals surface area (Å²) in [5.74, 6) is -2.11. The van der Waals surface area contributed by atoms with E-state index in [0.717, 1.165) is 21.6 Å². The van der Waals surface area contributed by atoms with Gasteiger partial charge in [-0.25, -0.2) is 9.69 Å². The van der Waals surface area contributed by atoms with Gasteiger partial charge in [-0.1, -0.05) is 111 Å². The monoisotopic (exact) mass is 581 g/mol. The third-order valence-corrected chi connectivity index (χ3v) is 7.65. The van der Waals surface area contributed by atoms with Crippen molar-refractivity contribution in [3.8, 4) is 0 Å². The molecule has 43 heavy (non-hydrogen) atoms. The Bertz CT molecular complexity index is 1470. The van der Waals surface area contributed by atoms with Gasteiger partial charge < -0.3 is 15.3 Å². The lowest BCUT2D eigenvalue weighted by Crippen LogP contribution is -2.52. The van der Waals surface area contributed by atoms with Crippen LogP contribution in [-0.4, -0.2) is 50.3 Å². The topological polar surface area (TPSA) is 107 Å². The second-order valence-corrected chi connectivity index (χ2v) is 11.8. The largest absolute Gasteiger partial charge is 0.481 e. The summed E-state index contributed by atoms with van der Waals surface area (Å²) in [7, 11) is 0. The number of nitrogens with zero attached hydrogens (tertiary/aromatic N) is 2. The number of benzene rings is 3. The van der Waals surface area contributed by atoms with Crippen molar-refractivity contribution in [2.75, 3.05) is 0 Å². The van der Waals surface area contributed by atoms with E-state index in [1.165, 1.54) is 4.90 Å². The van der Waals surface area contributed by atoms with E-state index in [-0.39, 0.29) is 25.3 Å². The highest BCUT2D eigenvalue weighted by atomic mass is 16.4. The average Bonchev–Trinajstić information content (AvgIpc) is 3.14. The predicted octanol–water partition coefficient (Wildman–Crippen LogP) is 6.15. The maximum absolute atomic E-state index is 13.9. The minimum absolute atomic E-state index is 0.0142. The Labute approximate surface area is 253 Å². The molecule has 1 fully saturated rings. The second kappa shape index (κ2) is 13.5. The molecule has 3 aromatic carbocycles. The van der Waals surface area contributed by atoms with Gasteiger partial charge in [0, 0.05) is 6.54 Å². The number of aliphatic carboxylic acids is 1. The molecule has 2 N–H and O–H groups in total. The number of amides is 4. The highest BCUT2D eigenvalue weighted by Gasteiger charge is 2.54. The van der Waals surface area contributed by atoms with Crippen LogP contribution in [0.2, 0.25) is 0 Å². The molecular weight excluding hydrogens is 542 g/mol. The molecule has 4 rings (SSSR count). The molecule has 8 nitrogen and oxygen atoms in total. The first-order valence-corrected chi connectivity index (χ1v) is 14.5. The second-order valence-electron chi connectivity index (χ2n) is 11.8. The van der Waals surface area contributed by atoms with Crippen LogP contribution in [0.15, 0.2) is 84.9 Å². The van der Waals surface area contributed by atoms with Crippen LogP contribution in [0, 0.1) is 5.92 Å². The summed E-state index contributed by atoms with van der Waals surface area (Å²) in [5, 5.41) is 12.3. The van der Waals surface area contributed by atoms with Crippen LogP contribution in [0.3, 0.4) is 0 Å². The first-order valence-electron chi connectivity index (χ1n) is 14.5. The molecule has 0 radical (unpaired) electrons. The molecule has 1 aliphatic heterocycles. The van der Waals surface area contributed by atoms with Crippen molar-refractivity contribution < 1.29 is 24.3 Å². The van der Waals surface area contributed by atoms with E-state index >= 15 is 0 Å². The number of nitrogens with one attached hydrogen (secondary N) is 1. The van der Waals surface area contributed by atoms with Crippen LogP contribution in [0.4, 0.5) is 4.79 Å². The summed E-state index contributed by atoms with van der Waals surface area (Å²) in [6.07, 6.45) is 3.94. The Balaban J connectivity index is 1.54. The Morgan fingerprint density at radius 1 is 0.860 bits per heavy atom. The Kier molecular flexibility index (Phi) is 9.80. The van der Waals surface area contributed by atoms with Gasteiger partial charge in [0.25, 0.3) is 5.91 Å². The lowest BCUT2D eigenvalue weighted by molar-refractivity contribution is -0.140. The van der Waals surface area contributed by atoms with Gasteiger partial charge in [-0.2, -0.15) is 0 Å². The van der Waals surface area contributed by atoms with Crippen molar-refractivity contribution >= 4 is 36.0 Å². The maximum Gasteiger partial charge on any atom is 0.328 e. The van der Waals surface area contributed by atoms with Crippen LogP contribution in [-0.2, 0) is 20.9 Å². The lowest BCUT2D eigenvalue weighted by atomic mass is 9.98. The van der Waals surface area contributed by atoms with Crippen molar-refractivity contribution in [2.24, 2.45) is 5.92 Å². The summed E-state index contributed by atoms with van der Waals surface area (Å²) in [5.41, 5.74) is 2.39. The number of carboxylic acid groups (broad SMARTS) is 1. The van der Waals surface area contributed by atoms with Crippen LogP contribution in [0.25, 0.3) is 12.2 Å². The normalized spacial score (nSPS) is 16.1. The minimum Gasteiger partial charge on any atom is -0.481 e. The van der Waals surface area contributed by atoms with E-state index < -0.39 is 41.4 Å². The molecule has 4 amide bonds. The zero-order valence-corrected chi connectivity index (χ0v) is 25.1. The number of carbonyl (C=O) groups excluding carboxylic acids is 3. The maximum atomic E-state index is 13.9. The Morgan fingerprint density at radius 2 is 1.42 bits per heavy atom. The molecule has 0 spiro atoms. The summed E-state index contributed by atoms with van der Waals surface area (Å²) < 4.78 is 0. The molecule has 0 aromatic heterocycles. The fourth-order valence-corrected chi connectivity index (χ4v) is 5.24. The fraction of sp³-hybridized carbons (Fsp3) is 0.314. The van der Waals surface area contributed by atoms with Crippen LogP contribution < -0.4 is 5.32 Å². The first-order chi connectivity index (χ1) is 20.5. The standard InChI is InChI=1S/C35H39N3O5/c1-24(2)21-30(32(41)36-29(22-31(39)40)28-13-9-6-10-14-28)38-33(42)35(3,4)37(34(38)43)23-27-19-17-26(18-20-27)16-15-25-11-7-5-8-12-25/h5-20,24,29-30H,21-23H2,1-4H3,(H,36,41)(H,39,40)/b16-15+. The number of hydrogen-bond acceptors (Lipinski definition) is 4. The predicted molar refractivity (Wildman–Crippen MR) is 166 cm³/mol. The number of rotatable bonds is 12. The van der Waals surface area contributed by atoms with E-state index in [1.807, 2.05) is 80.6 Å². The van der Waals surface area contributed by atoms with Gasteiger partial charge in [0.1, 0.15) is 11.6 Å². The first kappa shape index (κ1) is 31.2. The zero-order chi connectivity index (χ0) is 31.1. The Hall–Kier alpha value is -4.72. The van der Waals surface area contributed by atoms with Gasteiger partial charge in [-0.3, -0.25) is 14.4 Å². The molecule has 3 aromatic rings. The van der Waals surface area contributed by atoms with Gasteiger partial charge in [-0.05, 0) is 48.4 Å². The van der Waals surface area contributed by atoms with Crippen molar-refractivity contribution in [3.05, 3.63) is 107 Å². The molecule has 2 atom stereocenters. The number of imide groups is 1. The van der Waals surface area contributed by atoms with Gasteiger partial charge in [0.2, 0.25) is 5.91 Å². The third-order valence-electron chi connectivity index (χ3n) is 7.65. The Morgan fingerprint density at radius 3 is 1.98 bits per heavy atom. The van der Waals surface area contributed by atoms with Crippen molar-refractivity contribution in [1.82, 2.24) is 15.1 Å². The van der Waals surface area contributed by atoms with Crippen LogP contribution in [0.5, 0.6) is 0 Å². The van der Waals surface area contributed by atoms with Gasteiger partial charge in [0.15, 0.2) is 0 Å². The molecular formula is C35H39N3O5. The minimum atomic E-state index is -1.18. The molecule has 0 aliphatic carbocycles. The number of urea groups is 1. The molecule has 1 aliphatic rings. The highest BCUT2D eigenvalue weighted by molar-refractivity contribution is 6.09. The molecule has 0 bridgehead atoms. The summed E-state index contributed by atoms with van der Waals surface area (Å²) in [6, 6.07) is 24.1. The van der Waals surface area contributed by atoms with E-state index in [0.29, 0.717) is 5.56 Å². The average molecular weight is 582 g/mol. The van der Waals surface area contributed by atoms with Crippen molar-refractivity contribution in [1.29, 1.82) is 0 Å². The SMILES string of the molecule is CC(C)CC(C(=O)NC(CC(=O)O)c1ccccc1)N1C(=O)N(Cc2ccc(/C=C/c3ccccc3)cc2)C(C)(C)C1=O. The van der Waals surface area contributed by atoms with Crippen LogP contribution >= 0.6 is 0 Å². The smallest absolute Gasteiger partial charge is 0.328 e. The highest BCUT2D eigenvalue weighted by Crippen LogP contribution is 2.33. The van der Waals surface area contributed by atoms with E-state index in [2.05, 4.69) is 5.32 Å². The van der Waals surface area contributed by atoms with E-state index in [1.54, 1.807) is 44.2 Å². The molecule has 1 heterocycles. The molecule has 1 saturated heterocycles. The van der Waals surface area contributed by atoms with Gasteiger partial charge in [-0.15, -0.1) is 0 Å². The molecule has 0 saturated carbocycles. The summed E-state index contributed by atoms with van der Waals surface area (Å²) in [6.45, 7) is 7.39. The van der Waals surface area contributed by atoms with Gasteiger partial charge >= 0.3 is 12.0 Å².